The fourth-order valence-corrected chi connectivity index (χ4v) is 2.77. The molecule has 3 aromatic rings. The number of aromatic nitrogens is 1. The minimum absolute atomic E-state index is 0.0559. The van der Waals surface area contributed by atoms with E-state index in [1.165, 1.54) is 0 Å². The molecule has 0 saturated heterocycles. The van der Waals surface area contributed by atoms with E-state index >= 15 is 0 Å². The second-order valence-electron chi connectivity index (χ2n) is 5.18. The molecule has 0 atom stereocenters. The van der Waals surface area contributed by atoms with Crippen molar-refractivity contribution in [3.8, 4) is 11.3 Å². The van der Waals surface area contributed by atoms with Crippen LogP contribution in [0, 0.1) is 3.57 Å². The highest BCUT2D eigenvalue weighted by Gasteiger charge is 2.09. The maximum absolute atomic E-state index is 12.0. The predicted octanol–water partition coefficient (Wildman–Crippen LogP) is 5.28. The number of halogens is 2. The third-order valence-electron chi connectivity index (χ3n) is 3.38. The molecule has 1 N–H and O–H groups in total. The van der Waals surface area contributed by atoms with Gasteiger partial charge in [-0.25, -0.2) is 4.98 Å². The van der Waals surface area contributed by atoms with Crippen molar-refractivity contribution in [2.75, 3.05) is 5.32 Å². The lowest BCUT2D eigenvalue weighted by atomic mass is 10.2. The highest BCUT2D eigenvalue weighted by Crippen LogP contribution is 2.23. The molecule has 0 aliphatic rings. The minimum atomic E-state index is -0.0559. The number of nitrogens with one attached hydrogen (secondary N) is 1. The van der Waals surface area contributed by atoms with Gasteiger partial charge in [0.15, 0.2) is 11.7 Å². The van der Waals surface area contributed by atoms with E-state index in [0.717, 1.165) is 19.3 Å². The Hall–Kier alpha value is -1.67. The van der Waals surface area contributed by atoms with Gasteiger partial charge in [0.1, 0.15) is 0 Å². The molecule has 24 heavy (non-hydrogen) atoms. The molecule has 0 unspecified atom stereocenters. The van der Waals surface area contributed by atoms with Crippen LogP contribution in [0.15, 0.2) is 63.6 Å². The Labute approximate surface area is 161 Å². The molecule has 4 nitrogen and oxygen atoms in total. The molecule has 0 spiro atoms. The smallest absolute Gasteiger partial charge is 0.224 e. The molecule has 122 valence electrons. The normalized spacial score (nSPS) is 10.6. The van der Waals surface area contributed by atoms with E-state index in [9.17, 15) is 4.79 Å². The lowest BCUT2D eigenvalue weighted by molar-refractivity contribution is -0.116. The van der Waals surface area contributed by atoms with Crippen LogP contribution in [0.1, 0.15) is 12.3 Å². The van der Waals surface area contributed by atoms with Crippen LogP contribution in [0.3, 0.4) is 0 Å². The topological polar surface area (TPSA) is 55.1 Å². The summed E-state index contributed by atoms with van der Waals surface area (Å²) in [6.07, 6.45) is 2.48. The summed E-state index contributed by atoms with van der Waals surface area (Å²) in [7, 11) is 0. The number of oxazole rings is 1. The molecule has 1 amide bonds. The average Bonchev–Trinajstić information content (AvgIpc) is 3.05. The molecule has 2 aromatic carbocycles. The van der Waals surface area contributed by atoms with E-state index in [1.54, 1.807) is 6.20 Å². The van der Waals surface area contributed by atoms with Crippen molar-refractivity contribution in [3.05, 3.63) is 68.7 Å². The molecule has 0 aliphatic heterocycles. The van der Waals surface area contributed by atoms with Gasteiger partial charge < -0.3 is 9.73 Å². The third-order valence-corrected chi connectivity index (χ3v) is 4.62. The number of carbonyl (C=O) groups is 1. The van der Waals surface area contributed by atoms with Crippen LogP contribution in [0.25, 0.3) is 11.3 Å². The third kappa shape index (κ3) is 4.67. The first-order chi connectivity index (χ1) is 11.6. The molecule has 0 radical (unpaired) electrons. The van der Waals surface area contributed by atoms with E-state index in [2.05, 4.69) is 48.8 Å². The second-order valence-corrected chi connectivity index (χ2v) is 7.34. The SMILES string of the molecule is O=C(CCc1ncc(-c2ccc(Br)cc2)o1)Nc1ccc(I)cc1. The maximum Gasteiger partial charge on any atom is 0.224 e. The Bertz CT molecular complexity index is 829. The number of amides is 1. The molecule has 0 aliphatic carbocycles. The van der Waals surface area contributed by atoms with Crippen LogP contribution in [0.2, 0.25) is 0 Å². The summed E-state index contributed by atoms with van der Waals surface area (Å²) in [5.74, 6) is 1.21. The molecule has 0 saturated carbocycles. The van der Waals surface area contributed by atoms with Crippen molar-refractivity contribution in [2.45, 2.75) is 12.8 Å². The molecule has 0 fully saturated rings. The molecular formula is C18H14BrIN2O2. The van der Waals surface area contributed by atoms with Crippen LogP contribution in [0.4, 0.5) is 5.69 Å². The van der Waals surface area contributed by atoms with Gasteiger partial charge in [0, 0.05) is 32.1 Å². The Morgan fingerprint density at radius 2 is 1.83 bits per heavy atom. The Morgan fingerprint density at radius 3 is 2.54 bits per heavy atom. The number of benzene rings is 2. The number of rotatable bonds is 5. The van der Waals surface area contributed by atoms with Gasteiger partial charge in [-0.1, -0.05) is 28.1 Å². The molecular weight excluding hydrogens is 483 g/mol. The first-order valence-electron chi connectivity index (χ1n) is 7.36. The summed E-state index contributed by atoms with van der Waals surface area (Å²) in [5.41, 5.74) is 1.75. The number of hydrogen-bond acceptors (Lipinski definition) is 3. The van der Waals surface area contributed by atoms with Gasteiger partial charge in [-0.2, -0.15) is 0 Å². The van der Waals surface area contributed by atoms with E-state index in [-0.39, 0.29) is 5.91 Å². The zero-order chi connectivity index (χ0) is 16.9. The molecule has 6 heteroatoms. The second kappa shape index (κ2) is 7.94. The van der Waals surface area contributed by atoms with Crippen molar-refractivity contribution in [1.82, 2.24) is 4.98 Å². The average molecular weight is 497 g/mol. The first kappa shape index (κ1) is 17.2. The van der Waals surface area contributed by atoms with Crippen molar-refractivity contribution < 1.29 is 9.21 Å². The highest BCUT2D eigenvalue weighted by molar-refractivity contribution is 14.1. The van der Waals surface area contributed by atoms with Gasteiger partial charge >= 0.3 is 0 Å². The van der Waals surface area contributed by atoms with Gasteiger partial charge in [-0.3, -0.25) is 4.79 Å². The van der Waals surface area contributed by atoms with Crippen molar-refractivity contribution in [1.29, 1.82) is 0 Å². The number of anilines is 1. The van der Waals surface area contributed by atoms with Gasteiger partial charge in [0.25, 0.3) is 0 Å². The quantitative estimate of drug-likeness (QED) is 0.489. The van der Waals surface area contributed by atoms with E-state index < -0.39 is 0 Å². The van der Waals surface area contributed by atoms with Gasteiger partial charge in [0.2, 0.25) is 5.91 Å². The summed E-state index contributed by atoms with van der Waals surface area (Å²) in [6, 6.07) is 15.5. The molecule has 1 aromatic heterocycles. The van der Waals surface area contributed by atoms with Crippen LogP contribution < -0.4 is 5.32 Å². The van der Waals surface area contributed by atoms with Gasteiger partial charge in [-0.05, 0) is 59.0 Å². The van der Waals surface area contributed by atoms with Crippen LogP contribution >= 0.6 is 38.5 Å². The molecule has 1 heterocycles. The number of hydrogen-bond donors (Lipinski definition) is 1. The number of carbonyl (C=O) groups excluding carboxylic acids is 1. The van der Waals surface area contributed by atoms with Crippen molar-refractivity contribution in [3.63, 3.8) is 0 Å². The van der Waals surface area contributed by atoms with Crippen LogP contribution in [-0.4, -0.2) is 10.9 Å². The van der Waals surface area contributed by atoms with Crippen molar-refractivity contribution >= 4 is 50.1 Å². The monoisotopic (exact) mass is 496 g/mol. The number of aryl methyl sites for hydroxylation is 1. The van der Waals surface area contributed by atoms with Crippen LogP contribution in [-0.2, 0) is 11.2 Å². The first-order valence-corrected chi connectivity index (χ1v) is 9.23. The predicted molar refractivity (Wildman–Crippen MR) is 106 cm³/mol. The highest BCUT2D eigenvalue weighted by atomic mass is 127. The largest absolute Gasteiger partial charge is 0.441 e. The fourth-order valence-electron chi connectivity index (χ4n) is 2.15. The van der Waals surface area contributed by atoms with E-state index in [0.29, 0.717) is 24.5 Å². The van der Waals surface area contributed by atoms with Crippen LogP contribution in [0.5, 0.6) is 0 Å². The standard InChI is InChI=1S/C18H14BrIN2O2/c19-13-3-1-12(2-4-13)16-11-21-18(24-16)10-9-17(23)22-15-7-5-14(20)6-8-15/h1-8,11H,9-10H2,(H,22,23). The zero-order valence-corrected chi connectivity index (χ0v) is 16.4. The van der Waals surface area contributed by atoms with E-state index in [1.807, 2.05) is 48.5 Å². The summed E-state index contributed by atoms with van der Waals surface area (Å²) >= 11 is 5.63. The van der Waals surface area contributed by atoms with Crippen molar-refractivity contribution in [2.24, 2.45) is 0 Å². The summed E-state index contributed by atoms with van der Waals surface area (Å²) in [4.78, 5) is 16.2. The summed E-state index contributed by atoms with van der Waals surface area (Å²) in [6.45, 7) is 0. The van der Waals surface area contributed by atoms with E-state index in [4.69, 9.17) is 4.42 Å². The fraction of sp³-hybridized carbons (Fsp3) is 0.111. The van der Waals surface area contributed by atoms with Gasteiger partial charge in [-0.15, -0.1) is 0 Å². The molecule has 3 rings (SSSR count). The zero-order valence-electron chi connectivity index (χ0n) is 12.6. The maximum atomic E-state index is 12.0. The number of nitrogens with zero attached hydrogens (tertiary/aromatic N) is 1. The lowest BCUT2D eigenvalue weighted by Crippen LogP contribution is -2.12. The summed E-state index contributed by atoms with van der Waals surface area (Å²) < 4.78 is 7.86. The Kier molecular flexibility index (Phi) is 5.68. The summed E-state index contributed by atoms with van der Waals surface area (Å²) in [5, 5.41) is 2.87. The lowest BCUT2D eigenvalue weighted by Gasteiger charge is -2.04. The molecule has 0 bridgehead atoms. The van der Waals surface area contributed by atoms with Gasteiger partial charge in [0.05, 0.1) is 6.20 Å². The Morgan fingerprint density at radius 1 is 1.12 bits per heavy atom. The minimum Gasteiger partial charge on any atom is -0.441 e. The Balaban J connectivity index is 1.56.